The molecule has 21 heavy (non-hydrogen) atoms. The third-order valence-corrected chi connectivity index (χ3v) is 5.83. The molecule has 3 N–H and O–H groups in total. The number of hydrogen-bond donors (Lipinski definition) is 2. The van der Waals surface area contributed by atoms with Crippen molar-refractivity contribution in [3.8, 4) is 0 Å². The third-order valence-electron chi connectivity index (χ3n) is 3.72. The van der Waals surface area contributed by atoms with Crippen LogP contribution in [0, 0.1) is 5.92 Å². The van der Waals surface area contributed by atoms with Crippen molar-refractivity contribution in [3.63, 3.8) is 0 Å². The topological polar surface area (TPSA) is 68.0 Å². The molecule has 1 aromatic carbocycles. The van der Waals surface area contributed by atoms with Gasteiger partial charge in [-0.1, -0.05) is 24.2 Å². The number of aromatic nitrogens is 1. The van der Waals surface area contributed by atoms with Crippen molar-refractivity contribution in [2.45, 2.75) is 25.7 Å². The van der Waals surface area contributed by atoms with E-state index in [0.717, 1.165) is 27.6 Å². The SMILES string of the molecule is Nc1ccc2nc(NC(=O)CSCC3CCCC3)sc2c1. The van der Waals surface area contributed by atoms with Crippen LogP contribution >= 0.6 is 23.1 Å². The van der Waals surface area contributed by atoms with Gasteiger partial charge in [-0.25, -0.2) is 4.98 Å². The molecule has 0 bridgehead atoms. The fraction of sp³-hybridized carbons (Fsp3) is 0.467. The van der Waals surface area contributed by atoms with E-state index in [2.05, 4.69) is 10.3 Å². The van der Waals surface area contributed by atoms with Crippen molar-refractivity contribution in [2.24, 2.45) is 5.92 Å². The average molecular weight is 321 g/mol. The number of anilines is 2. The molecule has 0 saturated heterocycles. The summed E-state index contributed by atoms with van der Waals surface area (Å²) in [5.41, 5.74) is 7.34. The second-order valence-corrected chi connectivity index (χ2v) is 7.52. The van der Waals surface area contributed by atoms with E-state index >= 15 is 0 Å². The molecule has 1 aliphatic rings. The predicted octanol–water partition coefficient (Wildman–Crippen LogP) is 3.74. The quantitative estimate of drug-likeness (QED) is 0.823. The van der Waals surface area contributed by atoms with Gasteiger partial charge in [-0.3, -0.25) is 4.79 Å². The van der Waals surface area contributed by atoms with Crippen LogP contribution in [0.2, 0.25) is 0 Å². The van der Waals surface area contributed by atoms with Crippen LogP contribution < -0.4 is 11.1 Å². The summed E-state index contributed by atoms with van der Waals surface area (Å²) in [5, 5.41) is 3.54. The minimum Gasteiger partial charge on any atom is -0.399 e. The first-order valence-corrected chi connectivity index (χ1v) is 9.21. The zero-order valence-electron chi connectivity index (χ0n) is 11.8. The molecule has 3 rings (SSSR count). The van der Waals surface area contributed by atoms with E-state index in [1.165, 1.54) is 37.0 Å². The molecule has 4 nitrogen and oxygen atoms in total. The lowest BCUT2D eigenvalue weighted by molar-refractivity contribution is -0.113. The maximum Gasteiger partial charge on any atom is 0.236 e. The summed E-state index contributed by atoms with van der Waals surface area (Å²) in [6.45, 7) is 0. The lowest BCUT2D eigenvalue weighted by atomic mass is 10.1. The molecule has 0 radical (unpaired) electrons. The van der Waals surface area contributed by atoms with Crippen LogP contribution in [0.15, 0.2) is 18.2 Å². The number of benzene rings is 1. The molecule has 0 aliphatic heterocycles. The van der Waals surface area contributed by atoms with Crippen LogP contribution in [-0.4, -0.2) is 22.4 Å². The first kappa shape index (κ1) is 14.7. The van der Waals surface area contributed by atoms with E-state index in [1.54, 1.807) is 11.8 Å². The van der Waals surface area contributed by atoms with E-state index in [9.17, 15) is 4.79 Å². The predicted molar refractivity (Wildman–Crippen MR) is 91.9 cm³/mol. The van der Waals surface area contributed by atoms with Crippen molar-refractivity contribution >= 4 is 50.0 Å². The number of thioether (sulfide) groups is 1. The van der Waals surface area contributed by atoms with E-state index in [-0.39, 0.29) is 5.91 Å². The molecular formula is C15H19N3OS2. The number of thiazole rings is 1. The molecule has 0 unspecified atom stereocenters. The van der Waals surface area contributed by atoms with Crippen molar-refractivity contribution < 1.29 is 4.79 Å². The molecule has 1 fully saturated rings. The van der Waals surface area contributed by atoms with Gasteiger partial charge in [-0.05, 0) is 42.7 Å². The van der Waals surface area contributed by atoms with Crippen LogP contribution in [0.25, 0.3) is 10.2 Å². The minimum absolute atomic E-state index is 0.0324. The summed E-state index contributed by atoms with van der Waals surface area (Å²) in [5.74, 6) is 2.46. The number of carbonyl (C=O) groups is 1. The van der Waals surface area contributed by atoms with Gasteiger partial charge in [-0.2, -0.15) is 11.8 Å². The standard InChI is InChI=1S/C15H19N3OS2/c16-11-5-6-12-13(7-11)21-15(17-12)18-14(19)9-20-8-10-3-1-2-4-10/h5-7,10H,1-4,8-9,16H2,(H,17,18,19). The number of fused-ring (bicyclic) bond motifs is 1. The molecule has 0 atom stereocenters. The number of nitrogens with one attached hydrogen (secondary N) is 1. The highest BCUT2D eigenvalue weighted by Gasteiger charge is 2.15. The second kappa shape index (κ2) is 6.66. The Morgan fingerprint density at radius 3 is 3.05 bits per heavy atom. The van der Waals surface area contributed by atoms with E-state index in [1.807, 2.05) is 18.2 Å². The summed E-state index contributed by atoms with van der Waals surface area (Å²) in [4.78, 5) is 16.3. The molecule has 6 heteroatoms. The smallest absolute Gasteiger partial charge is 0.236 e. The normalized spacial score (nSPS) is 15.6. The summed E-state index contributed by atoms with van der Waals surface area (Å²) >= 11 is 3.20. The second-order valence-electron chi connectivity index (χ2n) is 5.46. The van der Waals surface area contributed by atoms with Gasteiger partial charge < -0.3 is 11.1 Å². The highest BCUT2D eigenvalue weighted by atomic mass is 32.2. The Hall–Kier alpha value is -1.27. The van der Waals surface area contributed by atoms with Gasteiger partial charge in [0.05, 0.1) is 16.0 Å². The molecular weight excluding hydrogens is 302 g/mol. The van der Waals surface area contributed by atoms with Crippen LogP contribution in [0.4, 0.5) is 10.8 Å². The van der Waals surface area contributed by atoms with Gasteiger partial charge in [0.25, 0.3) is 0 Å². The average Bonchev–Trinajstić information content (AvgIpc) is 3.07. The van der Waals surface area contributed by atoms with Gasteiger partial charge in [0.15, 0.2) is 5.13 Å². The molecule has 1 aromatic heterocycles. The van der Waals surface area contributed by atoms with E-state index in [0.29, 0.717) is 10.9 Å². The fourth-order valence-electron chi connectivity index (χ4n) is 2.65. The number of hydrogen-bond acceptors (Lipinski definition) is 5. The zero-order chi connectivity index (χ0) is 14.7. The first-order chi connectivity index (χ1) is 10.2. The van der Waals surface area contributed by atoms with Crippen LogP contribution in [0.1, 0.15) is 25.7 Å². The van der Waals surface area contributed by atoms with Crippen LogP contribution in [-0.2, 0) is 4.79 Å². The van der Waals surface area contributed by atoms with Gasteiger partial charge in [0.1, 0.15) is 0 Å². The van der Waals surface area contributed by atoms with Gasteiger partial charge >= 0.3 is 0 Å². The van der Waals surface area contributed by atoms with E-state index < -0.39 is 0 Å². The van der Waals surface area contributed by atoms with Gasteiger partial charge in [-0.15, -0.1) is 0 Å². The number of nitrogens with two attached hydrogens (primary N) is 1. The maximum atomic E-state index is 11.9. The van der Waals surface area contributed by atoms with Crippen molar-refractivity contribution in [1.82, 2.24) is 4.98 Å². The summed E-state index contributed by atoms with van der Waals surface area (Å²) < 4.78 is 1.00. The summed E-state index contributed by atoms with van der Waals surface area (Å²) in [6.07, 6.45) is 5.36. The molecule has 0 spiro atoms. The van der Waals surface area contributed by atoms with Crippen LogP contribution in [0.3, 0.4) is 0 Å². The Bertz CT molecular complexity index is 635. The number of amides is 1. The van der Waals surface area contributed by atoms with Crippen molar-refractivity contribution in [3.05, 3.63) is 18.2 Å². The lowest BCUT2D eigenvalue weighted by Gasteiger charge is -2.07. The first-order valence-electron chi connectivity index (χ1n) is 7.24. The molecule has 1 heterocycles. The van der Waals surface area contributed by atoms with Gasteiger partial charge in [0, 0.05) is 5.69 Å². The number of nitrogen functional groups attached to an aromatic ring is 1. The monoisotopic (exact) mass is 321 g/mol. The van der Waals surface area contributed by atoms with E-state index in [4.69, 9.17) is 5.73 Å². The Morgan fingerprint density at radius 1 is 1.43 bits per heavy atom. The lowest BCUT2D eigenvalue weighted by Crippen LogP contribution is -2.14. The molecule has 1 amide bonds. The largest absolute Gasteiger partial charge is 0.399 e. The molecule has 112 valence electrons. The third kappa shape index (κ3) is 3.89. The zero-order valence-corrected chi connectivity index (χ0v) is 13.4. The van der Waals surface area contributed by atoms with Crippen molar-refractivity contribution in [2.75, 3.05) is 22.6 Å². The highest BCUT2D eigenvalue weighted by molar-refractivity contribution is 7.99. The number of rotatable bonds is 5. The Kier molecular flexibility index (Phi) is 4.65. The number of carbonyl (C=O) groups excluding carboxylic acids is 1. The summed E-state index contributed by atoms with van der Waals surface area (Å²) in [7, 11) is 0. The van der Waals surface area contributed by atoms with Crippen molar-refractivity contribution in [1.29, 1.82) is 0 Å². The molecule has 1 saturated carbocycles. The fourth-order valence-corrected chi connectivity index (χ4v) is 4.62. The number of nitrogens with zero attached hydrogens (tertiary/aromatic N) is 1. The highest BCUT2D eigenvalue weighted by Crippen LogP contribution is 2.29. The Balaban J connectivity index is 1.51. The van der Waals surface area contributed by atoms with Crippen LogP contribution in [0.5, 0.6) is 0 Å². The van der Waals surface area contributed by atoms with Gasteiger partial charge in [0.2, 0.25) is 5.91 Å². The molecule has 1 aliphatic carbocycles. The summed E-state index contributed by atoms with van der Waals surface area (Å²) in [6, 6.07) is 5.59. The minimum atomic E-state index is 0.0324. The maximum absolute atomic E-state index is 11.9. The Morgan fingerprint density at radius 2 is 2.24 bits per heavy atom. The Labute approximate surface area is 132 Å². The molecule has 2 aromatic rings.